The maximum atomic E-state index is 13.4. The number of methoxy groups -OCH3 is 1. The second kappa shape index (κ2) is 8.76. The first kappa shape index (κ1) is 21.3. The minimum Gasteiger partial charge on any atom is -0.497 e. The van der Waals surface area contributed by atoms with Crippen LogP contribution in [0.1, 0.15) is 0 Å². The second-order valence-electron chi connectivity index (χ2n) is 7.71. The monoisotopic (exact) mass is 461 g/mol. The molecule has 1 saturated heterocycles. The lowest BCUT2D eigenvalue weighted by molar-refractivity contribution is 0.384. The minimum atomic E-state index is -3.65. The van der Waals surface area contributed by atoms with Gasteiger partial charge in [-0.3, -0.25) is 4.98 Å². The van der Waals surface area contributed by atoms with Crippen LogP contribution in [0.4, 0.5) is 5.82 Å². The van der Waals surface area contributed by atoms with Crippen molar-refractivity contribution >= 4 is 26.7 Å². The number of hydrogen-bond acceptors (Lipinski definition) is 7. The Morgan fingerprint density at radius 3 is 2.39 bits per heavy atom. The average Bonchev–Trinajstić information content (AvgIpc) is 2.88. The number of benzene rings is 2. The van der Waals surface area contributed by atoms with Gasteiger partial charge in [0.15, 0.2) is 0 Å². The number of anilines is 1. The van der Waals surface area contributed by atoms with Crippen LogP contribution in [0.5, 0.6) is 5.75 Å². The van der Waals surface area contributed by atoms with Gasteiger partial charge in [-0.2, -0.15) is 4.31 Å². The van der Waals surface area contributed by atoms with E-state index < -0.39 is 10.0 Å². The molecular weight excluding hydrogens is 438 g/mol. The highest BCUT2D eigenvalue weighted by Gasteiger charge is 2.30. The summed E-state index contributed by atoms with van der Waals surface area (Å²) in [5.74, 6) is 1.56. The quantitative estimate of drug-likeness (QED) is 0.451. The molecule has 0 N–H and O–H groups in total. The summed E-state index contributed by atoms with van der Waals surface area (Å²) in [6.07, 6.45) is 3.16. The number of hydrogen-bond donors (Lipinski definition) is 0. The summed E-state index contributed by atoms with van der Waals surface area (Å²) in [6, 6.07) is 18.5. The van der Waals surface area contributed by atoms with Crippen molar-refractivity contribution in [2.45, 2.75) is 4.90 Å². The Bertz CT molecular complexity index is 1380. The van der Waals surface area contributed by atoms with Crippen molar-refractivity contribution in [1.82, 2.24) is 19.3 Å². The van der Waals surface area contributed by atoms with Gasteiger partial charge in [0.05, 0.1) is 18.3 Å². The molecule has 0 bridgehead atoms. The molecule has 2 aromatic carbocycles. The van der Waals surface area contributed by atoms with Gasteiger partial charge in [-0.05, 0) is 36.4 Å². The zero-order chi connectivity index (χ0) is 22.8. The van der Waals surface area contributed by atoms with Crippen LogP contribution in [0.3, 0.4) is 0 Å². The fraction of sp³-hybridized carbons (Fsp3) is 0.208. The van der Waals surface area contributed by atoms with E-state index in [0.717, 1.165) is 28.2 Å². The fourth-order valence-electron chi connectivity index (χ4n) is 4.02. The molecule has 168 valence electrons. The van der Waals surface area contributed by atoms with Gasteiger partial charge in [0.2, 0.25) is 10.0 Å². The molecule has 0 amide bonds. The van der Waals surface area contributed by atoms with Crippen LogP contribution < -0.4 is 9.64 Å². The molecule has 5 rings (SSSR count). The molecule has 9 heteroatoms. The van der Waals surface area contributed by atoms with Crippen LogP contribution in [-0.2, 0) is 10.0 Å². The van der Waals surface area contributed by atoms with Gasteiger partial charge in [-0.25, -0.2) is 18.4 Å². The zero-order valence-corrected chi connectivity index (χ0v) is 18.9. The summed E-state index contributed by atoms with van der Waals surface area (Å²) in [5.41, 5.74) is 2.27. The van der Waals surface area contributed by atoms with E-state index in [-0.39, 0.29) is 4.90 Å². The summed E-state index contributed by atoms with van der Waals surface area (Å²) in [7, 11) is -2.02. The number of pyridine rings is 1. The predicted molar refractivity (Wildman–Crippen MR) is 127 cm³/mol. The normalized spacial score (nSPS) is 15.0. The van der Waals surface area contributed by atoms with E-state index in [1.807, 2.05) is 42.5 Å². The van der Waals surface area contributed by atoms with Crippen LogP contribution in [0.25, 0.3) is 22.2 Å². The van der Waals surface area contributed by atoms with Crippen LogP contribution in [-0.4, -0.2) is 61.0 Å². The molecule has 0 aliphatic carbocycles. The number of nitrogens with zero attached hydrogens (tertiary/aromatic N) is 5. The molecule has 0 saturated carbocycles. The number of para-hydroxylation sites is 1. The number of piperazine rings is 1. The van der Waals surface area contributed by atoms with E-state index in [0.29, 0.717) is 31.7 Å². The first-order valence-corrected chi connectivity index (χ1v) is 12.1. The molecule has 0 spiro atoms. The van der Waals surface area contributed by atoms with Gasteiger partial charge in [0.25, 0.3) is 0 Å². The van der Waals surface area contributed by atoms with Crippen molar-refractivity contribution in [2.75, 3.05) is 38.2 Å². The van der Waals surface area contributed by atoms with Crippen molar-refractivity contribution in [3.63, 3.8) is 0 Å². The smallest absolute Gasteiger partial charge is 0.245 e. The molecule has 33 heavy (non-hydrogen) atoms. The van der Waals surface area contributed by atoms with E-state index in [1.165, 1.54) is 4.31 Å². The third-order valence-corrected chi connectivity index (χ3v) is 7.74. The molecule has 1 aliphatic rings. The van der Waals surface area contributed by atoms with E-state index in [9.17, 15) is 8.42 Å². The van der Waals surface area contributed by atoms with Crippen molar-refractivity contribution in [2.24, 2.45) is 0 Å². The maximum Gasteiger partial charge on any atom is 0.245 e. The van der Waals surface area contributed by atoms with E-state index in [2.05, 4.69) is 19.9 Å². The van der Waals surface area contributed by atoms with Crippen LogP contribution >= 0.6 is 0 Å². The van der Waals surface area contributed by atoms with E-state index >= 15 is 0 Å². The molecule has 1 aliphatic heterocycles. The third kappa shape index (κ3) is 4.12. The number of rotatable bonds is 5. The fourth-order valence-corrected chi connectivity index (χ4v) is 5.61. The Morgan fingerprint density at radius 2 is 1.64 bits per heavy atom. The highest BCUT2D eigenvalue weighted by Crippen LogP contribution is 2.27. The van der Waals surface area contributed by atoms with E-state index in [4.69, 9.17) is 4.74 Å². The van der Waals surface area contributed by atoms with Gasteiger partial charge in [0, 0.05) is 49.4 Å². The lowest BCUT2D eigenvalue weighted by Crippen LogP contribution is -2.49. The first-order valence-electron chi connectivity index (χ1n) is 10.6. The Kier molecular flexibility index (Phi) is 5.65. The molecule has 0 radical (unpaired) electrons. The Labute approximate surface area is 192 Å². The Morgan fingerprint density at radius 1 is 0.879 bits per heavy atom. The number of fused-ring (bicyclic) bond motifs is 1. The SMILES string of the molecule is COc1ccc(-c2cc(N3CCN(S(=O)(=O)c4cccc5cccnc45)CC3)ncn2)cc1. The van der Waals surface area contributed by atoms with Crippen LogP contribution in [0.2, 0.25) is 0 Å². The van der Waals surface area contributed by atoms with Gasteiger partial charge >= 0.3 is 0 Å². The molecular formula is C24H23N5O3S. The van der Waals surface area contributed by atoms with Crippen molar-refractivity contribution in [3.05, 3.63) is 73.2 Å². The Balaban J connectivity index is 1.34. The molecule has 2 aromatic heterocycles. The lowest BCUT2D eigenvalue weighted by atomic mass is 10.1. The maximum absolute atomic E-state index is 13.4. The zero-order valence-electron chi connectivity index (χ0n) is 18.1. The number of sulfonamides is 1. The van der Waals surface area contributed by atoms with Gasteiger partial charge in [0.1, 0.15) is 22.8 Å². The van der Waals surface area contributed by atoms with Crippen LogP contribution in [0.15, 0.2) is 78.1 Å². The van der Waals surface area contributed by atoms with Gasteiger partial charge in [-0.15, -0.1) is 0 Å². The summed E-state index contributed by atoms with van der Waals surface area (Å²) < 4.78 is 33.5. The molecule has 0 atom stereocenters. The summed E-state index contributed by atoms with van der Waals surface area (Å²) in [4.78, 5) is 15.5. The molecule has 0 unspecified atom stereocenters. The summed E-state index contributed by atoms with van der Waals surface area (Å²) in [6.45, 7) is 1.81. The number of ether oxygens (including phenoxy) is 1. The third-order valence-electron chi connectivity index (χ3n) is 5.81. The average molecular weight is 462 g/mol. The highest BCUT2D eigenvalue weighted by atomic mass is 32.2. The van der Waals surface area contributed by atoms with Crippen molar-refractivity contribution in [3.8, 4) is 17.0 Å². The first-order chi connectivity index (χ1) is 16.1. The largest absolute Gasteiger partial charge is 0.497 e. The molecule has 4 aromatic rings. The summed E-state index contributed by atoms with van der Waals surface area (Å²) >= 11 is 0. The Hall–Kier alpha value is -3.56. The van der Waals surface area contributed by atoms with Gasteiger partial charge in [-0.1, -0.05) is 18.2 Å². The van der Waals surface area contributed by atoms with E-state index in [1.54, 1.807) is 37.8 Å². The topological polar surface area (TPSA) is 88.5 Å². The predicted octanol–water partition coefficient (Wildman–Crippen LogP) is 3.21. The van der Waals surface area contributed by atoms with Crippen molar-refractivity contribution in [1.29, 1.82) is 0 Å². The second-order valence-corrected chi connectivity index (χ2v) is 9.62. The van der Waals surface area contributed by atoms with Gasteiger partial charge < -0.3 is 9.64 Å². The standard InChI is InChI=1S/C24H23N5O3S/c1-32-20-9-7-18(8-10-20)21-16-23(27-17-26-21)28-12-14-29(15-13-28)33(30,31)22-6-2-4-19-5-3-11-25-24(19)22/h2-11,16-17H,12-15H2,1H3. The lowest BCUT2D eigenvalue weighted by Gasteiger charge is -2.34. The summed E-state index contributed by atoms with van der Waals surface area (Å²) in [5, 5.41) is 0.809. The molecule has 3 heterocycles. The number of aromatic nitrogens is 3. The van der Waals surface area contributed by atoms with Crippen molar-refractivity contribution < 1.29 is 13.2 Å². The highest BCUT2D eigenvalue weighted by molar-refractivity contribution is 7.89. The van der Waals surface area contributed by atoms with Crippen LogP contribution in [0, 0.1) is 0 Å². The minimum absolute atomic E-state index is 0.248. The molecule has 8 nitrogen and oxygen atoms in total. The molecule has 1 fully saturated rings.